The van der Waals surface area contributed by atoms with Gasteiger partial charge in [0.25, 0.3) is 0 Å². The highest BCUT2D eigenvalue weighted by Crippen LogP contribution is 2.06. The van der Waals surface area contributed by atoms with Crippen molar-refractivity contribution in [2.45, 2.75) is 51.9 Å². The molecule has 0 aromatic heterocycles. The Balaban J connectivity index is 3.57. The summed E-state index contributed by atoms with van der Waals surface area (Å²) in [4.78, 5) is 0. The second-order valence-corrected chi connectivity index (χ2v) is 4.91. The fraction of sp³-hybridized carbons (Fsp3) is 0.833. The normalized spacial score (nSPS) is 16.1. The predicted octanol–water partition coefficient (Wildman–Crippen LogP) is 1.72. The third-order valence-electron chi connectivity index (χ3n) is 1.93. The van der Waals surface area contributed by atoms with Gasteiger partial charge in [0.1, 0.15) is 0 Å². The summed E-state index contributed by atoms with van der Waals surface area (Å²) in [5, 5.41) is 12.8. The van der Waals surface area contributed by atoms with Gasteiger partial charge in [0.05, 0.1) is 18.3 Å². The van der Waals surface area contributed by atoms with E-state index < -0.39 is 6.10 Å². The number of hydrogen-bond acceptors (Lipinski definition) is 3. The van der Waals surface area contributed by atoms with E-state index in [1.54, 1.807) is 0 Å². The van der Waals surface area contributed by atoms with Crippen LogP contribution in [0, 0.1) is 0 Å². The Hall–Kier alpha value is -0.380. The van der Waals surface area contributed by atoms with Crippen molar-refractivity contribution in [3.8, 4) is 0 Å². The van der Waals surface area contributed by atoms with Crippen LogP contribution in [-0.2, 0) is 4.74 Å². The maximum absolute atomic E-state index is 9.62. The molecule has 0 aliphatic rings. The predicted molar refractivity (Wildman–Crippen MR) is 64.0 cm³/mol. The van der Waals surface area contributed by atoms with Crippen LogP contribution in [0.3, 0.4) is 0 Å². The lowest BCUT2D eigenvalue weighted by Gasteiger charge is -2.23. The van der Waals surface area contributed by atoms with Crippen LogP contribution in [-0.4, -0.2) is 36.0 Å². The number of rotatable bonds is 7. The number of nitrogens with one attached hydrogen (secondary N) is 1. The zero-order valence-corrected chi connectivity index (χ0v) is 10.4. The van der Waals surface area contributed by atoms with Crippen molar-refractivity contribution < 1.29 is 9.84 Å². The molecule has 0 saturated heterocycles. The zero-order chi connectivity index (χ0) is 11.9. The summed E-state index contributed by atoms with van der Waals surface area (Å²) in [6.45, 7) is 12.6. The molecule has 2 atom stereocenters. The third kappa shape index (κ3) is 9.91. The summed E-state index contributed by atoms with van der Waals surface area (Å²) in [6.07, 6.45) is 2.33. The van der Waals surface area contributed by atoms with E-state index in [0.29, 0.717) is 19.2 Å². The maximum Gasteiger partial charge on any atom is 0.0898 e. The number of hydrogen-bond donors (Lipinski definition) is 2. The lowest BCUT2D eigenvalue weighted by atomic mass is 10.2. The van der Waals surface area contributed by atoms with Gasteiger partial charge in [-0.05, 0) is 34.1 Å². The average molecular weight is 215 g/mol. The number of ether oxygens (including phenoxy) is 1. The molecule has 0 rings (SSSR count). The average Bonchev–Trinajstić information content (AvgIpc) is 2.11. The van der Waals surface area contributed by atoms with Gasteiger partial charge in [-0.25, -0.2) is 0 Å². The molecule has 3 heteroatoms. The van der Waals surface area contributed by atoms with Crippen LogP contribution >= 0.6 is 0 Å². The SMILES string of the molecule is C=CCC(C)NCC(O)COC(C)(C)C. The van der Waals surface area contributed by atoms with Crippen LogP contribution in [0.4, 0.5) is 0 Å². The quantitative estimate of drug-likeness (QED) is 0.635. The van der Waals surface area contributed by atoms with E-state index in [4.69, 9.17) is 4.74 Å². The minimum Gasteiger partial charge on any atom is -0.389 e. The second-order valence-electron chi connectivity index (χ2n) is 4.91. The zero-order valence-electron chi connectivity index (χ0n) is 10.4. The molecule has 2 unspecified atom stereocenters. The lowest BCUT2D eigenvalue weighted by molar-refractivity contribution is -0.0482. The van der Waals surface area contributed by atoms with Crippen molar-refractivity contribution >= 4 is 0 Å². The maximum atomic E-state index is 9.62. The molecule has 0 heterocycles. The molecule has 3 nitrogen and oxygen atoms in total. The number of aliphatic hydroxyl groups excluding tert-OH is 1. The van der Waals surface area contributed by atoms with Crippen LogP contribution in [0.15, 0.2) is 12.7 Å². The monoisotopic (exact) mass is 215 g/mol. The van der Waals surface area contributed by atoms with Crippen LogP contribution < -0.4 is 5.32 Å². The van der Waals surface area contributed by atoms with Crippen molar-refractivity contribution in [2.75, 3.05) is 13.2 Å². The van der Waals surface area contributed by atoms with E-state index in [2.05, 4.69) is 18.8 Å². The summed E-state index contributed by atoms with van der Waals surface area (Å²) in [5.74, 6) is 0. The topological polar surface area (TPSA) is 41.5 Å². The molecule has 0 aliphatic carbocycles. The summed E-state index contributed by atoms with van der Waals surface area (Å²) < 4.78 is 5.47. The van der Waals surface area contributed by atoms with Gasteiger partial charge < -0.3 is 15.2 Å². The molecular weight excluding hydrogens is 190 g/mol. The first-order valence-electron chi connectivity index (χ1n) is 5.51. The smallest absolute Gasteiger partial charge is 0.0898 e. The molecule has 0 aliphatic heterocycles. The van der Waals surface area contributed by atoms with Gasteiger partial charge in [-0.1, -0.05) is 6.08 Å². The van der Waals surface area contributed by atoms with Crippen LogP contribution in [0.5, 0.6) is 0 Å². The largest absolute Gasteiger partial charge is 0.389 e. The standard InChI is InChI=1S/C12H25NO2/c1-6-7-10(2)13-8-11(14)9-15-12(3,4)5/h6,10-11,13-14H,1,7-9H2,2-5H3. The molecule has 0 aromatic rings. The fourth-order valence-electron chi connectivity index (χ4n) is 1.08. The van der Waals surface area contributed by atoms with Crippen molar-refractivity contribution in [3.05, 3.63) is 12.7 Å². The van der Waals surface area contributed by atoms with Crippen LogP contribution in [0.25, 0.3) is 0 Å². The molecule has 0 saturated carbocycles. The van der Waals surface area contributed by atoms with Gasteiger partial charge in [-0.3, -0.25) is 0 Å². The van der Waals surface area contributed by atoms with Gasteiger partial charge >= 0.3 is 0 Å². The van der Waals surface area contributed by atoms with Crippen molar-refractivity contribution in [2.24, 2.45) is 0 Å². The first-order chi connectivity index (χ1) is 6.85. The van der Waals surface area contributed by atoms with Gasteiger partial charge in [-0.15, -0.1) is 6.58 Å². The minimum atomic E-state index is -0.448. The molecule has 2 N–H and O–H groups in total. The Kier molecular flexibility index (Phi) is 6.81. The Morgan fingerprint density at radius 2 is 2.07 bits per heavy atom. The van der Waals surface area contributed by atoms with Gasteiger partial charge in [-0.2, -0.15) is 0 Å². The van der Waals surface area contributed by atoms with Crippen molar-refractivity contribution in [3.63, 3.8) is 0 Å². The van der Waals surface area contributed by atoms with Gasteiger partial charge in [0, 0.05) is 12.6 Å². The molecular formula is C12H25NO2. The second kappa shape index (κ2) is 6.99. The van der Waals surface area contributed by atoms with Gasteiger partial charge in [0.2, 0.25) is 0 Å². The van der Waals surface area contributed by atoms with E-state index in [0.717, 1.165) is 6.42 Å². The van der Waals surface area contributed by atoms with Crippen molar-refractivity contribution in [1.82, 2.24) is 5.32 Å². The van der Waals surface area contributed by atoms with Crippen LogP contribution in [0.1, 0.15) is 34.1 Å². The summed E-state index contributed by atoms with van der Waals surface area (Å²) in [6, 6.07) is 0.354. The van der Waals surface area contributed by atoms with E-state index in [9.17, 15) is 5.11 Å². The highest BCUT2D eigenvalue weighted by Gasteiger charge is 2.13. The Bertz CT molecular complexity index is 175. The highest BCUT2D eigenvalue weighted by atomic mass is 16.5. The molecule has 0 amide bonds. The Morgan fingerprint density at radius 3 is 2.53 bits per heavy atom. The van der Waals surface area contributed by atoms with E-state index in [-0.39, 0.29) is 5.60 Å². The minimum absolute atomic E-state index is 0.187. The number of aliphatic hydroxyl groups is 1. The van der Waals surface area contributed by atoms with E-state index in [1.165, 1.54) is 0 Å². The fourth-order valence-corrected chi connectivity index (χ4v) is 1.08. The molecule has 0 spiro atoms. The Morgan fingerprint density at radius 1 is 1.47 bits per heavy atom. The third-order valence-corrected chi connectivity index (χ3v) is 1.93. The first-order valence-corrected chi connectivity index (χ1v) is 5.51. The van der Waals surface area contributed by atoms with Crippen LogP contribution in [0.2, 0.25) is 0 Å². The molecule has 15 heavy (non-hydrogen) atoms. The first kappa shape index (κ1) is 14.6. The highest BCUT2D eigenvalue weighted by molar-refractivity contribution is 4.75. The van der Waals surface area contributed by atoms with Crippen molar-refractivity contribution in [1.29, 1.82) is 0 Å². The summed E-state index contributed by atoms with van der Waals surface area (Å²) in [5.41, 5.74) is -0.187. The molecule has 90 valence electrons. The molecule has 0 bridgehead atoms. The lowest BCUT2D eigenvalue weighted by Crippen LogP contribution is -2.37. The summed E-state index contributed by atoms with van der Waals surface area (Å²) >= 11 is 0. The van der Waals surface area contributed by atoms with Gasteiger partial charge in [0.15, 0.2) is 0 Å². The molecule has 0 aromatic carbocycles. The molecule has 0 fully saturated rings. The molecule has 0 radical (unpaired) electrons. The van der Waals surface area contributed by atoms with E-state index >= 15 is 0 Å². The summed E-state index contributed by atoms with van der Waals surface area (Å²) in [7, 11) is 0. The Labute approximate surface area is 93.5 Å². The van der Waals surface area contributed by atoms with E-state index in [1.807, 2.05) is 26.8 Å².